The third-order valence-electron chi connectivity index (χ3n) is 5.23. The summed E-state index contributed by atoms with van der Waals surface area (Å²) in [7, 11) is 0. The first-order valence-corrected chi connectivity index (χ1v) is 9.88. The van der Waals surface area contributed by atoms with Gasteiger partial charge in [0.1, 0.15) is 17.7 Å². The molecule has 0 spiro atoms. The first kappa shape index (κ1) is 19.5. The summed E-state index contributed by atoms with van der Waals surface area (Å²) in [6.07, 6.45) is -0.107. The minimum Gasteiger partial charge on any atom is -0.366 e. The van der Waals surface area contributed by atoms with Crippen molar-refractivity contribution in [3.63, 3.8) is 0 Å². The van der Waals surface area contributed by atoms with Gasteiger partial charge in [-0.3, -0.25) is 9.69 Å². The van der Waals surface area contributed by atoms with Gasteiger partial charge < -0.3 is 15.0 Å². The Balaban J connectivity index is 1.46. The number of imidazole rings is 1. The predicted molar refractivity (Wildman–Crippen MR) is 110 cm³/mol. The van der Waals surface area contributed by atoms with E-state index in [-0.39, 0.29) is 11.7 Å². The number of halogens is 1. The van der Waals surface area contributed by atoms with Gasteiger partial charge in [-0.1, -0.05) is 18.2 Å². The second-order valence-electron chi connectivity index (χ2n) is 7.62. The van der Waals surface area contributed by atoms with Gasteiger partial charge in [0.15, 0.2) is 0 Å². The van der Waals surface area contributed by atoms with Crippen molar-refractivity contribution in [2.24, 2.45) is 0 Å². The fraction of sp³-hybridized carbons (Fsp3) is 0.364. The van der Waals surface area contributed by atoms with Crippen molar-refractivity contribution >= 4 is 22.6 Å². The molecule has 1 saturated heterocycles. The van der Waals surface area contributed by atoms with Gasteiger partial charge in [-0.25, -0.2) is 9.37 Å². The number of H-pyrrole nitrogens is 1. The summed E-state index contributed by atoms with van der Waals surface area (Å²) >= 11 is 0. The van der Waals surface area contributed by atoms with Gasteiger partial charge in [-0.05, 0) is 43.7 Å². The number of carbonyl (C=O) groups excluding carboxylic acids is 1. The fourth-order valence-corrected chi connectivity index (χ4v) is 3.57. The van der Waals surface area contributed by atoms with E-state index in [9.17, 15) is 9.18 Å². The maximum atomic E-state index is 13.9. The Bertz CT molecular complexity index is 1020. The number of fused-ring (bicyclic) bond motifs is 1. The zero-order chi connectivity index (χ0) is 20.4. The number of amides is 1. The van der Waals surface area contributed by atoms with Crippen LogP contribution in [0.5, 0.6) is 0 Å². The van der Waals surface area contributed by atoms with Crippen LogP contribution in [0, 0.1) is 5.82 Å². The molecule has 6 nitrogen and oxygen atoms in total. The van der Waals surface area contributed by atoms with E-state index in [1.165, 1.54) is 6.07 Å². The number of rotatable bonds is 5. The summed E-state index contributed by atoms with van der Waals surface area (Å²) in [4.78, 5) is 22.6. The van der Waals surface area contributed by atoms with E-state index in [0.29, 0.717) is 42.7 Å². The predicted octanol–water partition coefficient (Wildman–Crippen LogP) is 3.34. The van der Waals surface area contributed by atoms with E-state index in [2.05, 4.69) is 34.0 Å². The summed E-state index contributed by atoms with van der Waals surface area (Å²) in [5.74, 6) is 0.279. The number of benzene rings is 2. The molecule has 3 aromatic rings. The molecule has 0 radical (unpaired) electrons. The Kier molecular flexibility index (Phi) is 5.60. The standard InChI is InChI=1S/C22H25FN4O2/c1-14(2)27-9-10-29-20(13-27)22(28)24-16-7-8-18-19(12-16)26-21(25-18)11-15-5-3-4-6-17(15)23/h3-8,12,14,20H,9-11,13H2,1-2H3,(H,24,28)(H,25,26). The average Bonchev–Trinajstić information content (AvgIpc) is 3.11. The van der Waals surface area contributed by atoms with E-state index in [1.54, 1.807) is 12.1 Å². The Morgan fingerprint density at radius 3 is 2.97 bits per heavy atom. The summed E-state index contributed by atoms with van der Waals surface area (Å²) in [6.45, 7) is 6.21. The lowest BCUT2D eigenvalue weighted by atomic mass is 10.1. The molecular formula is C22H25FN4O2. The maximum Gasteiger partial charge on any atom is 0.254 e. The molecule has 152 valence electrons. The van der Waals surface area contributed by atoms with Crippen LogP contribution >= 0.6 is 0 Å². The van der Waals surface area contributed by atoms with Crippen LogP contribution in [-0.2, 0) is 16.0 Å². The van der Waals surface area contributed by atoms with Gasteiger partial charge in [0, 0.05) is 31.2 Å². The number of hydrogen-bond donors (Lipinski definition) is 2. The van der Waals surface area contributed by atoms with Gasteiger partial charge in [-0.15, -0.1) is 0 Å². The summed E-state index contributed by atoms with van der Waals surface area (Å²) in [5.41, 5.74) is 2.83. The summed E-state index contributed by atoms with van der Waals surface area (Å²) in [5, 5.41) is 2.93. The van der Waals surface area contributed by atoms with E-state index >= 15 is 0 Å². The van der Waals surface area contributed by atoms with Gasteiger partial charge in [0.2, 0.25) is 0 Å². The molecule has 0 aliphatic carbocycles. The highest BCUT2D eigenvalue weighted by molar-refractivity contribution is 5.96. The summed E-state index contributed by atoms with van der Waals surface area (Å²) < 4.78 is 19.5. The van der Waals surface area contributed by atoms with Crippen LogP contribution in [0.1, 0.15) is 25.2 Å². The third-order valence-corrected chi connectivity index (χ3v) is 5.23. The van der Waals surface area contributed by atoms with Crippen LogP contribution in [0.4, 0.5) is 10.1 Å². The minimum atomic E-state index is -0.486. The van der Waals surface area contributed by atoms with Crippen molar-refractivity contribution in [2.75, 3.05) is 25.0 Å². The molecule has 29 heavy (non-hydrogen) atoms. The topological polar surface area (TPSA) is 70.2 Å². The second-order valence-corrected chi connectivity index (χ2v) is 7.62. The van der Waals surface area contributed by atoms with E-state index in [1.807, 2.05) is 24.3 Å². The summed E-state index contributed by atoms with van der Waals surface area (Å²) in [6, 6.07) is 12.5. The normalized spacial score (nSPS) is 17.7. The lowest BCUT2D eigenvalue weighted by Crippen LogP contribution is -2.50. The molecular weight excluding hydrogens is 371 g/mol. The average molecular weight is 396 g/mol. The van der Waals surface area contributed by atoms with Gasteiger partial charge >= 0.3 is 0 Å². The monoisotopic (exact) mass is 396 g/mol. The maximum absolute atomic E-state index is 13.9. The lowest BCUT2D eigenvalue weighted by Gasteiger charge is -2.34. The van der Waals surface area contributed by atoms with Crippen LogP contribution in [0.2, 0.25) is 0 Å². The molecule has 1 unspecified atom stereocenters. The quantitative estimate of drug-likeness (QED) is 0.694. The number of carbonyl (C=O) groups is 1. The highest BCUT2D eigenvalue weighted by Gasteiger charge is 2.27. The first-order chi connectivity index (χ1) is 14.0. The van der Waals surface area contributed by atoms with E-state index < -0.39 is 6.10 Å². The number of morpholine rings is 1. The van der Waals surface area contributed by atoms with Crippen LogP contribution in [0.3, 0.4) is 0 Å². The van der Waals surface area contributed by atoms with Crippen molar-refractivity contribution in [2.45, 2.75) is 32.4 Å². The molecule has 1 aliphatic rings. The third kappa shape index (κ3) is 4.46. The number of hydrogen-bond acceptors (Lipinski definition) is 4. The van der Waals surface area contributed by atoms with E-state index in [4.69, 9.17) is 4.74 Å². The molecule has 0 saturated carbocycles. The zero-order valence-corrected chi connectivity index (χ0v) is 16.6. The number of anilines is 1. The van der Waals surface area contributed by atoms with Crippen molar-refractivity contribution in [3.8, 4) is 0 Å². The number of ether oxygens (including phenoxy) is 1. The number of aromatic amines is 1. The molecule has 1 atom stereocenters. The van der Waals surface area contributed by atoms with Crippen LogP contribution in [0.25, 0.3) is 11.0 Å². The molecule has 4 rings (SSSR count). The molecule has 2 aromatic carbocycles. The smallest absolute Gasteiger partial charge is 0.254 e. The van der Waals surface area contributed by atoms with Crippen LogP contribution in [-0.4, -0.2) is 52.6 Å². The number of aromatic nitrogens is 2. The second kappa shape index (κ2) is 8.31. The molecule has 1 aliphatic heterocycles. The Morgan fingerprint density at radius 1 is 1.34 bits per heavy atom. The highest BCUT2D eigenvalue weighted by atomic mass is 19.1. The molecule has 2 heterocycles. The Labute approximate surface area is 169 Å². The van der Waals surface area contributed by atoms with Crippen molar-refractivity contribution in [3.05, 3.63) is 59.7 Å². The highest BCUT2D eigenvalue weighted by Crippen LogP contribution is 2.20. The fourth-order valence-electron chi connectivity index (χ4n) is 3.57. The molecule has 1 aromatic heterocycles. The molecule has 2 N–H and O–H groups in total. The Morgan fingerprint density at radius 2 is 2.17 bits per heavy atom. The van der Waals surface area contributed by atoms with Crippen molar-refractivity contribution < 1.29 is 13.9 Å². The lowest BCUT2D eigenvalue weighted by molar-refractivity contribution is -0.133. The van der Waals surface area contributed by atoms with Crippen LogP contribution in [0.15, 0.2) is 42.5 Å². The Hall–Kier alpha value is -2.77. The van der Waals surface area contributed by atoms with Gasteiger partial charge in [0.25, 0.3) is 5.91 Å². The number of nitrogens with one attached hydrogen (secondary N) is 2. The van der Waals surface area contributed by atoms with Gasteiger partial charge in [0.05, 0.1) is 17.6 Å². The zero-order valence-electron chi connectivity index (χ0n) is 16.6. The van der Waals surface area contributed by atoms with Gasteiger partial charge in [-0.2, -0.15) is 0 Å². The SMILES string of the molecule is CC(C)N1CCOC(C(=O)Nc2ccc3nc(Cc4ccccc4F)[nH]c3c2)C1. The van der Waals surface area contributed by atoms with Crippen LogP contribution < -0.4 is 5.32 Å². The molecule has 1 amide bonds. The molecule has 1 fully saturated rings. The molecule has 7 heteroatoms. The molecule has 0 bridgehead atoms. The van der Waals surface area contributed by atoms with E-state index in [0.717, 1.165) is 17.6 Å². The largest absolute Gasteiger partial charge is 0.366 e. The minimum absolute atomic E-state index is 0.152. The number of nitrogens with zero attached hydrogens (tertiary/aromatic N) is 2. The first-order valence-electron chi connectivity index (χ1n) is 9.88. The van der Waals surface area contributed by atoms with Crippen molar-refractivity contribution in [1.29, 1.82) is 0 Å². The van der Waals surface area contributed by atoms with Crippen molar-refractivity contribution in [1.82, 2.24) is 14.9 Å².